The summed E-state index contributed by atoms with van der Waals surface area (Å²) in [6, 6.07) is 0. The molecule has 0 spiro atoms. The van der Waals surface area contributed by atoms with Gasteiger partial charge in [0.25, 0.3) is 5.56 Å². The van der Waals surface area contributed by atoms with E-state index in [1.807, 2.05) is 34.6 Å². The van der Waals surface area contributed by atoms with Crippen LogP contribution >= 0.6 is 0 Å². The van der Waals surface area contributed by atoms with Crippen molar-refractivity contribution < 1.29 is 0 Å². The second kappa shape index (κ2) is 3.56. The Kier molecular flexibility index (Phi) is 2.79. The third-order valence-corrected chi connectivity index (χ3v) is 2.17. The minimum atomic E-state index is -0.143. The first-order valence-electron chi connectivity index (χ1n) is 4.92. The zero-order valence-corrected chi connectivity index (χ0v) is 9.51. The molecule has 0 amide bonds. The normalized spacial score (nSPS) is 12.1. The van der Waals surface area contributed by atoms with Crippen molar-refractivity contribution in [3.63, 3.8) is 0 Å². The minimum Gasteiger partial charge on any atom is -0.310 e. The first kappa shape index (κ1) is 11.0. The van der Waals surface area contributed by atoms with Crippen molar-refractivity contribution in [2.45, 2.75) is 46.0 Å². The third kappa shape index (κ3) is 2.22. The summed E-state index contributed by atoms with van der Waals surface area (Å²) in [5.74, 6) is 1.01. The van der Waals surface area contributed by atoms with Crippen LogP contribution in [0.15, 0.2) is 11.0 Å². The summed E-state index contributed by atoms with van der Waals surface area (Å²) in [7, 11) is 0. The molecular weight excluding hydrogens is 176 g/mol. The summed E-state index contributed by atoms with van der Waals surface area (Å²) in [5, 5.41) is 0. The van der Waals surface area contributed by atoms with Crippen LogP contribution in [-0.2, 0) is 5.41 Å². The van der Waals surface area contributed by atoms with E-state index in [-0.39, 0.29) is 16.9 Å². The maximum Gasteiger partial charge on any atom is 0.254 e. The number of aromatic nitrogens is 2. The van der Waals surface area contributed by atoms with Crippen molar-refractivity contribution in [1.82, 2.24) is 9.97 Å². The number of rotatable bonds is 1. The molecule has 0 aliphatic rings. The molecule has 1 heterocycles. The number of nitrogens with one attached hydrogen (secondary N) is 1. The van der Waals surface area contributed by atoms with E-state index >= 15 is 0 Å². The lowest BCUT2D eigenvalue weighted by atomic mass is 9.89. The molecule has 0 aromatic carbocycles. The Labute approximate surface area is 84.6 Å². The molecule has 0 saturated heterocycles. The van der Waals surface area contributed by atoms with Gasteiger partial charge in [-0.05, 0) is 5.41 Å². The molecule has 0 bridgehead atoms. The van der Waals surface area contributed by atoms with E-state index in [9.17, 15) is 4.79 Å². The fourth-order valence-electron chi connectivity index (χ4n) is 1.24. The van der Waals surface area contributed by atoms with Gasteiger partial charge in [0, 0.05) is 17.7 Å². The van der Waals surface area contributed by atoms with Gasteiger partial charge in [-0.15, -0.1) is 0 Å². The van der Waals surface area contributed by atoms with E-state index < -0.39 is 0 Å². The Bertz CT molecular complexity index is 372. The highest BCUT2D eigenvalue weighted by Gasteiger charge is 2.18. The van der Waals surface area contributed by atoms with Crippen LogP contribution in [0.2, 0.25) is 0 Å². The first-order chi connectivity index (χ1) is 6.32. The van der Waals surface area contributed by atoms with Gasteiger partial charge in [0.1, 0.15) is 5.82 Å². The van der Waals surface area contributed by atoms with Crippen molar-refractivity contribution in [1.29, 1.82) is 0 Å². The molecule has 14 heavy (non-hydrogen) atoms. The van der Waals surface area contributed by atoms with Crippen LogP contribution in [0.1, 0.15) is 51.9 Å². The highest BCUT2D eigenvalue weighted by atomic mass is 16.1. The fraction of sp³-hybridized carbons (Fsp3) is 0.636. The van der Waals surface area contributed by atoms with Crippen molar-refractivity contribution in [2.24, 2.45) is 0 Å². The first-order valence-corrected chi connectivity index (χ1v) is 4.92. The Hall–Kier alpha value is -1.12. The van der Waals surface area contributed by atoms with Gasteiger partial charge in [-0.1, -0.05) is 34.6 Å². The zero-order chi connectivity index (χ0) is 10.9. The molecule has 78 valence electrons. The van der Waals surface area contributed by atoms with Crippen molar-refractivity contribution in [3.05, 3.63) is 27.9 Å². The number of nitrogens with zero attached hydrogens (tertiary/aromatic N) is 1. The Morgan fingerprint density at radius 1 is 1.36 bits per heavy atom. The molecule has 1 N–H and O–H groups in total. The van der Waals surface area contributed by atoms with Crippen LogP contribution in [0.5, 0.6) is 0 Å². The summed E-state index contributed by atoms with van der Waals surface area (Å²) < 4.78 is 0. The Morgan fingerprint density at radius 2 is 1.93 bits per heavy atom. The molecule has 0 radical (unpaired) electrons. The standard InChI is InChI=1S/C11H18N2O/c1-7(2)9-12-6-8(10(14)13-9)11(3,4)5/h6-7H,1-5H3,(H,12,13,14). The summed E-state index contributed by atoms with van der Waals surface area (Å²) in [4.78, 5) is 18.8. The molecule has 1 aromatic rings. The summed E-state index contributed by atoms with van der Waals surface area (Å²) in [5.41, 5.74) is 0.578. The molecule has 0 aliphatic heterocycles. The Morgan fingerprint density at radius 3 is 2.29 bits per heavy atom. The molecule has 1 rings (SSSR count). The molecule has 1 aromatic heterocycles. The maximum atomic E-state index is 11.7. The highest BCUT2D eigenvalue weighted by molar-refractivity contribution is 5.16. The number of hydrogen-bond acceptors (Lipinski definition) is 2. The van der Waals surface area contributed by atoms with E-state index in [1.165, 1.54) is 0 Å². The van der Waals surface area contributed by atoms with Crippen LogP contribution < -0.4 is 5.56 Å². The number of H-pyrrole nitrogens is 1. The maximum absolute atomic E-state index is 11.7. The van der Waals surface area contributed by atoms with E-state index in [0.29, 0.717) is 0 Å². The topological polar surface area (TPSA) is 45.8 Å². The van der Waals surface area contributed by atoms with E-state index in [1.54, 1.807) is 6.20 Å². The van der Waals surface area contributed by atoms with Crippen molar-refractivity contribution in [3.8, 4) is 0 Å². The van der Waals surface area contributed by atoms with Crippen LogP contribution in [0.4, 0.5) is 0 Å². The minimum absolute atomic E-state index is 0.0174. The third-order valence-electron chi connectivity index (χ3n) is 2.17. The molecule has 0 fully saturated rings. The van der Waals surface area contributed by atoms with Crippen LogP contribution in [0, 0.1) is 0 Å². The van der Waals surface area contributed by atoms with Crippen LogP contribution in [-0.4, -0.2) is 9.97 Å². The van der Waals surface area contributed by atoms with Gasteiger partial charge < -0.3 is 4.98 Å². The summed E-state index contributed by atoms with van der Waals surface area (Å²) in [6.07, 6.45) is 1.69. The van der Waals surface area contributed by atoms with Gasteiger partial charge in [-0.2, -0.15) is 0 Å². The summed E-state index contributed by atoms with van der Waals surface area (Å²) >= 11 is 0. The smallest absolute Gasteiger partial charge is 0.254 e. The van der Waals surface area contributed by atoms with E-state index in [0.717, 1.165) is 11.4 Å². The predicted octanol–water partition coefficient (Wildman–Crippen LogP) is 2.19. The SMILES string of the molecule is CC(C)c1ncc(C(C)(C)C)c(=O)[nH]1. The second-order valence-corrected chi connectivity index (χ2v) is 4.92. The molecule has 0 aliphatic carbocycles. The van der Waals surface area contributed by atoms with E-state index in [4.69, 9.17) is 0 Å². The second-order valence-electron chi connectivity index (χ2n) is 4.92. The van der Waals surface area contributed by atoms with Gasteiger partial charge in [0.2, 0.25) is 0 Å². The lowest BCUT2D eigenvalue weighted by molar-refractivity contribution is 0.573. The molecule has 3 nitrogen and oxygen atoms in total. The van der Waals surface area contributed by atoms with Crippen molar-refractivity contribution in [2.75, 3.05) is 0 Å². The quantitative estimate of drug-likeness (QED) is 0.744. The summed E-state index contributed by atoms with van der Waals surface area (Å²) in [6.45, 7) is 10.0. The average Bonchev–Trinajstić information content (AvgIpc) is 2.01. The monoisotopic (exact) mass is 194 g/mol. The molecule has 3 heteroatoms. The largest absolute Gasteiger partial charge is 0.310 e. The Balaban J connectivity index is 3.22. The van der Waals surface area contributed by atoms with Gasteiger partial charge in [-0.3, -0.25) is 4.79 Å². The lowest BCUT2D eigenvalue weighted by Crippen LogP contribution is -2.26. The fourth-order valence-corrected chi connectivity index (χ4v) is 1.24. The lowest BCUT2D eigenvalue weighted by Gasteiger charge is -2.17. The van der Waals surface area contributed by atoms with E-state index in [2.05, 4.69) is 9.97 Å². The highest BCUT2D eigenvalue weighted by Crippen LogP contribution is 2.17. The van der Waals surface area contributed by atoms with Gasteiger partial charge in [0.15, 0.2) is 0 Å². The molecule has 0 atom stereocenters. The van der Waals surface area contributed by atoms with Crippen LogP contribution in [0.25, 0.3) is 0 Å². The molecule has 0 saturated carbocycles. The molecule has 0 unspecified atom stereocenters. The molecular formula is C11H18N2O. The predicted molar refractivity (Wildman–Crippen MR) is 57.6 cm³/mol. The van der Waals surface area contributed by atoms with Gasteiger partial charge in [-0.25, -0.2) is 4.98 Å². The number of hydrogen-bond donors (Lipinski definition) is 1. The van der Waals surface area contributed by atoms with Gasteiger partial charge >= 0.3 is 0 Å². The average molecular weight is 194 g/mol. The van der Waals surface area contributed by atoms with Crippen LogP contribution in [0.3, 0.4) is 0 Å². The zero-order valence-electron chi connectivity index (χ0n) is 9.51. The van der Waals surface area contributed by atoms with Gasteiger partial charge in [0.05, 0.1) is 0 Å². The van der Waals surface area contributed by atoms with Crippen molar-refractivity contribution >= 4 is 0 Å². The number of aromatic amines is 1.